The van der Waals surface area contributed by atoms with Crippen LogP contribution in [0.4, 0.5) is 0 Å². The van der Waals surface area contributed by atoms with E-state index in [-0.39, 0.29) is 0 Å². The molecule has 2 rings (SSSR count). The molecule has 1 unspecified atom stereocenters. The maximum absolute atomic E-state index is 10.1. The van der Waals surface area contributed by atoms with Crippen LogP contribution in [0.2, 0.25) is 0 Å². The van der Waals surface area contributed by atoms with Crippen molar-refractivity contribution in [2.24, 2.45) is 0 Å². The van der Waals surface area contributed by atoms with Crippen molar-refractivity contribution in [3.05, 3.63) is 22.6 Å². The Morgan fingerprint density at radius 2 is 2.43 bits per heavy atom. The summed E-state index contributed by atoms with van der Waals surface area (Å²) in [6.45, 7) is 2.29. The Morgan fingerprint density at radius 1 is 1.71 bits per heavy atom. The van der Waals surface area contributed by atoms with Gasteiger partial charge in [-0.1, -0.05) is 0 Å². The molecular formula is C10H14BrNO2. The Hall–Kier alpha value is -0.320. The SMILES string of the molecule is CC(O)(CNC1CC1)c1occc1Br. The standard InChI is InChI=1S/C10H14BrNO2/c1-10(13,6-12-7-2-3-7)9-8(11)4-5-14-9/h4-5,7,12-13H,2-3,6H2,1H3. The molecule has 0 amide bonds. The van der Waals surface area contributed by atoms with E-state index < -0.39 is 5.60 Å². The molecule has 1 saturated carbocycles. The lowest BCUT2D eigenvalue weighted by atomic mass is 10.0. The number of hydrogen-bond donors (Lipinski definition) is 2. The molecule has 1 atom stereocenters. The minimum Gasteiger partial charge on any atom is -0.465 e. The van der Waals surface area contributed by atoms with Crippen molar-refractivity contribution < 1.29 is 9.52 Å². The maximum Gasteiger partial charge on any atom is 0.150 e. The van der Waals surface area contributed by atoms with Gasteiger partial charge in [-0.15, -0.1) is 0 Å². The normalized spacial score (nSPS) is 20.8. The summed E-state index contributed by atoms with van der Waals surface area (Å²) in [6, 6.07) is 2.39. The van der Waals surface area contributed by atoms with Crippen molar-refractivity contribution in [1.82, 2.24) is 5.32 Å². The van der Waals surface area contributed by atoms with E-state index in [4.69, 9.17) is 4.42 Å². The van der Waals surface area contributed by atoms with E-state index in [0.717, 1.165) is 4.47 Å². The van der Waals surface area contributed by atoms with E-state index in [0.29, 0.717) is 18.3 Å². The summed E-state index contributed by atoms with van der Waals surface area (Å²) in [5, 5.41) is 13.4. The number of hydrogen-bond acceptors (Lipinski definition) is 3. The summed E-state index contributed by atoms with van der Waals surface area (Å²) >= 11 is 3.34. The number of rotatable bonds is 4. The van der Waals surface area contributed by atoms with Crippen molar-refractivity contribution in [2.45, 2.75) is 31.4 Å². The molecular weight excluding hydrogens is 246 g/mol. The second-order valence-electron chi connectivity index (χ2n) is 4.03. The van der Waals surface area contributed by atoms with Gasteiger partial charge in [-0.3, -0.25) is 0 Å². The van der Waals surface area contributed by atoms with Gasteiger partial charge in [0.25, 0.3) is 0 Å². The largest absolute Gasteiger partial charge is 0.465 e. The first-order valence-corrected chi connectivity index (χ1v) is 5.58. The van der Waals surface area contributed by atoms with Crippen molar-refractivity contribution in [1.29, 1.82) is 0 Å². The number of halogens is 1. The highest BCUT2D eigenvalue weighted by atomic mass is 79.9. The molecule has 14 heavy (non-hydrogen) atoms. The zero-order chi connectivity index (χ0) is 10.2. The van der Waals surface area contributed by atoms with Crippen LogP contribution in [0.3, 0.4) is 0 Å². The molecule has 1 aliphatic rings. The monoisotopic (exact) mass is 259 g/mol. The first kappa shape index (κ1) is 10.2. The summed E-state index contributed by atoms with van der Waals surface area (Å²) in [4.78, 5) is 0. The summed E-state index contributed by atoms with van der Waals surface area (Å²) < 4.78 is 6.06. The molecule has 78 valence electrons. The van der Waals surface area contributed by atoms with E-state index >= 15 is 0 Å². The Balaban J connectivity index is 2.02. The van der Waals surface area contributed by atoms with Crippen LogP contribution in [0.5, 0.6) is 0 Å². The van der Waals surface area contributed by atoms with Gasteiger partial charge in [0.1, 0.15) is 11.4 Å². The van der Waals surface area contributed by atoms with Crippen LogP contribution in [0, 0.1) is 0 Å². The molecule has 0 aliphatic heterocycles. The predicted molar refractivity (Wildman–Crippen MR) is 57.0 cm³/mol. The van der Waals surface area contributed by atoms with Crippen LogP contribution in [0.1, 0.15) is 25.5 Å². The van der Waals surface area contributed by atoms with Gasteiger partial charge in [0.05, 0.1) is 10.7 Å². The van der Waals surface area contributed by atoms with Crippen molar-refractivity contribution in [3.8, 4) is 0 Å². The fourth-order valence-electron chi connectivity index (χ4n) is 1.39. The van der Waals surface area contributed by atoms with Gasteiger partial charge in [-0.25, -0.2) is 0 Å². The predicted octanol–water partition coefficient (Wildman–Crippen LogP) is 2.00. The Morgan fingerprint density at radius 3 is 2.93 bits per heavy atom. The zero-order valence-corrected chi connectivity index (χ0v) is 9.67. The molecule has 3 nitrogen and oxygen atoms in total. The lowest BCUT2D eigenvalue weighted by Gasteiger charge is -2.21. The fraction of sp³-hybridized carbons (Fsp3) is 0.600. The number of nitrogens with one attached hydrogen (secondary N) is 1. The van der Waals surface area contributed by atoms with Gasteiger partial charge < -0.3 is 14.8 Å². The zero-order valence-electron chi connectivity index (χ0n) is 8.09. The minimum absolute atomic E-state index is 0.532. The molecule has 1 fully saturated rings. The molecule has 1 aromatic heterocycles. The van der Waals surface area contributed by atoms with Gasteiger partial charge >= 0.3 is 0 Å². The van der Waals surface area contributed by atoms with Gasteiger partial charge in [0.15, 0.2) is 0 Å². The molecule has 1 heterocycles. The molecule has 1 aromatic rings. The molecule has 0 aromatic carbocycles. The van der Waals surface area contributed by atoms with Crippen molar-refractivity contribution in [2.75, 3.05) is 6.54 Å². The molecule has 2 N–H and O–H groups in total. The molecule has 0 bridgehead atoms. The first-order valence-electron chi connectivity index (χ1n) is 4.79. The topological polar surface area (TPSA) is 45.4 Å². The summed E-state index contributed by atoms with van der Waals surface area (Å²) in [6.07, 6.45) is 4.01. The van der Waals surface area contributed by atoms with Crippen molar-refractivity contribution in [3.63, 3.8) is 0 Å². The van der Waals surface area contributed by atoms with Crippen molar-refractivity contribution >= 4 is 15.9 Å². The highest BCUT2D eigenvalue weighted by Crippen LogP contribution is 2.29. The van der Waals surface area contributed by atoms with Crippen LogP contribution < -0.4 is 5.32 Å². The van der Waals surface area contributed by atoms with Gasteiger partial charge in [0.2, 0.25) is 0 Å². The second kappa shape index (κ2) is 3.68. The quantitative estimate of drug-likeness (QED) is 0.870. The Kier molecular flexibility index (Phi) is 2.68. The number of furan rings is 1. The van der Waals surface area contributed by atoms with Crippen LogP contribution in [0.15, 0.2) is 21.2 Å². The van der Waals surface area contributed by atoms with E-state index in [1.807, 2.05) is 0 Å². The minimum atomic E-state index is -0.940. The third-order valence-electron chi connectivity index (χ3n) is 2.42. The maximum atomic E-state index is 10.1. The third-order valence-corrected chi connectivity index (χ3v) is 3.04. The van der Waals surface area contributed by atoms with Gasteiger partial charge in [-0.05, 0) is 41.8 Å². The first-order chi connectivity index (χ1) is 6.59. The molecule has 4 heteroatoms. The summed E-state index contributed by atoms with van der Waals surface area (Å²) in [5.74, 6) is 0.589. The molecule has 1 aliphatic carbocycles. The number of aliphatic hydroxyl groups is 1. The fourth-order valence-corrected chi connectivity index (χ4v) is 2.02. The average molecular weight is 260 g/mol. The Labute approximate surface area is 91.6 Å². The molecule has 0 radical (unpaired) electrons. The summed E-state index contributed by atoms with van der Waals surface area (Å²) in [7, 11) is 0. The lowest BCUT2D eigenvalue weighted by Crippen LogP contribution is -2.36. The van der Waals surface area contributed by atoms with E-state index in [9.17, 15) is 5.11 Å². The lowest BCUT2D eigenvalue weighted by molar-refractivity contribution is 0.0331. The van der Waals surface area contributed by atoms with E-state index in [1.165, 1.54) is 12.8 Å². The second-order valence-corrected chi connectivity index (χ2v) is 4.88. The molecule has 0 spiro atoms. The van der Waals surface area contributed by atoms with Crippen LogP contribution in [0.25, 0.3) is 0 Å². The summed E-state index contributed by atoms with van der Waals surface area (Å²) in [5.41, 5.74) is -0.940. The van der Waals surface area contributed by atoms with E-state index in [2.05, 4.69) is 21.2 Å². The van der Waals surface area contributed by atoms with Crippen LogP contribution >= 0.6 is 15.9 Å². The van der Waals surface area contributed by atoms with Crippen LogP contribution in [-0.2, 0) is 5.60 Å². The van der Waals surface area contributed by atoms with E-state index in [1.54, 1.807) is 19.3 Å². The smallest absolute Gasteiger partial charge is 0.150 e. The third kappa shape index (κ3) is 2.19. The van der Waals surface area contributed by atoms with Gasteiger partial charge in [-0.2, -0.15) is 0 Å². The average Bonchev–Trinajstić information content (AvgIpc) is 2.85. The van der Waals surface area contributed by atoms with Crippen LogP contribution in [-0.4, -0.2) is 17.7 Å². The van der Waals surface area contributed by atoms with Gasteiger partial charge in [0, 0.05) is 12.6 Å². The highest BCUT2D eigenvalue weighted by Gasteiger charge is 2.31. The highest BCUT2D eigenvalue weighted by molar-refractivity contribution is 9.10. The Bertz CT molecular complexity index is 318. The molecule has 0 saturated heterocycles.